The number of H-pyrrole nitrogens is 1. The zero-order chi connectivity index (χ0) is 15.8. The lowest BCUT2D eigenvalue weighted by molar-refractivity contribution is 0.0945. The molecule has 1 aromatic heterocycles. The summed E-state index contributed by atoms with van der Waals surface area (Å²) in [6, 6.07) is 3.25. The van der Waals surface area contributed by atoms with Gasteiger partial charge in [-0.2, -0.15) is 0 Å². The quantitative estimate of drug-likeness (QED) is 0.809. The summed E-state index contributed by atoms with van der Waals surface area (Å²) < 4.78 is 0. The van der Waals surface area contributed by atoms with Crippen LogP contribution in [0, 0.1) is 5.92 Å². The summed E-state index contributed by atoms with van der Waals surface area (Å²) in [5.41, 5.74) is 1.72. The molecule has 5 heteroatoms. The molecule has 0 atom stereocenters. The third-order valence-electron chi connectivity index (χ3n) is 5.13. The van der Waals surface area contributed by atoms with Gasteiger partial charge in [0.2, 0.25) is 0 Å². The maximum atomic E-state index is 12.6. The number of aromatic nitrogens is 2. The lowest BCUT2D eigenvalue weighted by Gasteiger charge is -2.21. The van der Waals surface area contributed by atoms with Gasteiger partial charge in [0, 0.05) is 12.5 Å². The van der Waals surface area contributed by atoms with Crippen molar-refractivity contribution in [2.45, 2.75) is 50.9 Å². The highest BCUT2D eigenvalue weighted by atomic mass is 16.3. The minimum Gasteiger partial charge on any atom is -0.506 e. The Morgan fingerprint density at radius 2 is 2.00 bits per heavy atom. The van der Waals surface area contributed by atoms with Crippen LogP contribution in [-0.4, -0.2) is 27.5 Å². The molecule has 0 bridgehead atoms. The number of carbonyl (C=O) groups is 1. The molecule has 2 saturated carbocycles. The van der Waals surface area contributed by atoms with Gasteiger partial charge in [0.25, 0.3) is 5.91 Å². The largest absolute Gasteiger partial charge is 0.506 e. The van der Waals surface area contributed by atoms with Crippen LogP contribution in [0.1, 0.15) is 67.0 Å². The van der Waals surface area contributed by atoms with Gasteiger partial charge in [0.15, 0.2) is 0 Å². The molecule has 0 radical (unpaired) electrons. The minimum atomic E-state index is -0.0885. The number of aromatic hydroxyl groups is 1. The average molecular weight is 313 g/mol. The van der Waals surface area contributed by atoms with Gasteiger partial charge >= 0.3 is 0 Å². The van der Waals surface area contributed by atoms with Crippen LogP contribution in [0.2, 0.25) is 0 Å². The SMILES string of the molecule is O=C(NCC1CCCCC1)c1ccc(O)c2[nH]c(C3CC3)nc12. The Bertz CT molecular complexity index is 727. The Morgan fingerprint density at radius 3 is 2.74 bits per heavy atom. The van der Waals surface area contributed by atoms with Crippen LogP contribution in [0.4, 0.5) is 0 Å². The van der Waals surface area contributed by atoms with E-state index in [4.69, 9.17) is 0 Å². The zero-order valence-corrected chi connectivity index (χ0v) is 13.3. The predicted molar refractivity (Wildman–Crippen MR) is 88.6 cm³/mol. The van der Waals surface area contributed by atoms with Crippen molar-refractivity contribution in [3.05, 3.63) is 23.5 Å². The number of carbonyl (C=O) groups excluding carboxylic acids is 1. The first-order valence-corrected chi connectivity index (χ1v) is 8.72. The first-order valence-electron chi connectivity index (χ1n) is 8.72. The summed E-state index contributed by atoms with van der Waals surface area (Å²) in [7, 11) is 0. The van der Waals surface area contributed by atoms with E-state index in [0.717, 1.165) is 25.2 Å². The summed E-state index contributed by atoms with van der Waals surface area (Å²) in [5, 5.41) is 13.1. The fraction of sp³-hybridized carbons (Fsp3) is 0.556. The Balaban J connectivity index is 1.55. The number of nitrogens with one attached hydrogen (secondary N) is 2. The van der Waals surface area contributed by atoms with Gasteiger partial charge in [-0.15, -0.1) is 0 Å². The molecule has 0 aliphatic heterocycles. The Kier molecular flexibility index (Phi) is 3.71. The second-order valence-electron chi connectivity index (χ2n) is 6.97. The second kappa shape index (κ2) is 5.87. The van der Waals surface area contributed by atoms with E-state index in [2.05, 4.69) is 15.3 Å². The first kappa shape index (κ1) is 14.5. The standard InChI is InChI=1S/C18H23N3O2/c22-14-9-8-13(15-16(14)21-17(20-15)12-6-7-12)18(23)19-10-11-4-2-1-3-5-11/h8-9,11-12,22H,1-7,10H2,(H,19,23)(H,20,21). The van der Waals surface area contributed by atoms with E-state index in [1.54, 1.807) is 12.1 Å². The molecule has 0 spiro atoms. The highest BCUT2D eigenvalue weighted by Crippen LogP contribution is 2.40. The topological polar surface area (TPSA) is 78.0 Å². The molecule has 2 aromatic rings. The highest BCUT2D eigenvalue weighted by molar-refractivity contribution is 6.06. The molecular formula is C18H23N3O2. The third-order valence-corrected chi connectivity index (χ3v) is 5.13. The van der Waals surface area contributed by atoms with Crippen molar-refractivity contribution in [2.24, 2.45) is 5.92 Å². The summed E-state index contributed by atoms with van der Waals surface area (Å²) in [6.07, 6.45) is 8.54. The predicted octanol–water partition coefficient (Wildman–Crippen LogP) is 3.46. The number of rotatable bonds is 4. The Hall–Kier alpha value is -2.04. The third kappa shape index (κ3) is 2.92. The number of imidazole rings is 1. The molecule has 23 heavy (non-hydrogen) atoms. The number of amides is 1. The van der Waals surface area contributed by atoms with Crippen molar-refractivity contribution >= 4 is 16.9 Å². The number of fused-ring (bicyclic) bond motifs is 1. The van der Waals surface area contributed by atoms with Crippen LogP contribution in [0.5, 0.6) is 5.75 Å². The highest BCUT2D eigenvalue weighted by Gasteiger charge is 2.28. The van der Waals surface area contributed by atoms with E-state index in [-0.39, 0.29) is 11.7 Å². The van der Waals surface area contributed by atoms with Crippen LogP contribution in [0.25, 0.3) is 11.0 Å². The van der Waals surface area contributed by atoms with E-state index in [1.807, 2.05) is 0 Å². The molecule has 1 aromatic carbocycles. The fourth-order valence-electron chi connectivity index (χ4n) is 3.55. The van der Waals surface area contributed by atoms with Crippen molar-refractivity contribution in [3.63, 3.8) is 0 Å². The zero-order valence-electron chi connectivity index (χ0n) is 13.3. The van der Waals surface area contributed by atoms with Crippen LogP contribution in [0.15, 0.2) is 12.1 Å². The van der Waals surface area contributed by atoms with Crippen molar-refractivity contribution in [1.29, 1.82) is 0 Å². The summed E-state index contributed by atoms with van der Waals surface area (Å²) >= 11 is 0. The molecule has 1 amide bonds. The lowest BCUT2D eigenvalue weighted by atomic mass is 9.89. The molecular weight excluding hydrogens is 290 g/mol. The number of hydrogen-bond acceptors (Lipinski definition) is 3. The fourth-order valence-corrected chi connectivity index (χ4v) is 3.55. The van der Waals surface area contributed by atoms with Gasteiger partial charge in [0.05, 0.1) is 5.56 Å². The van der Waals surface area contributed by atoms with Crippen molar-refractivity contribution in [2.75, 3.05) is 6.54 Å². The lowest BCUT2D eigenvalue weighted by Crippen LogP contribution is -2.30. The molecule has 5 nitrogen and oxygen atoms in total. The van der Waals surface area contributed by atoms with E-state index >= 15 is 0 Å². The molecule has 2 fully saturated rings. The van der Waals surface area contributed by atoms with Crippen molar-refractivity contribution in [3.8, 4) is 5.75 Å². The molecule has 0 unspecified atom stereocenters. The van der Waals surface area contributed by atoms with Crippen LogP contribution >= 0.6 is 0 Å². The maximum absolute atomic E-state index is 12.6. The number of benzene rings is 1. The van der Waals surface area contributed by atoms with E-state index in [1.165, 1.54) is 32.1 Å². The summed E-state index contributed by atoms with van der Waals surface area (Å²) in [6.45, 7) is 0.737. The maximum Gasteiger partial charge on any atom is 0.253 e. The van der Waals surface area contributed by atoms with E-state index in [9.17, 15) is 9.90 Å². The molecule has 3 N–H and O–H groups in total. The molecule has 0 saturated heterocycles. The second-order valence-corrected chi connectivity index (χ2v) is 6.97. The molecule has 1 heterocycles. The van der Waals surface area contributed by atoms with Crippen LogP contribution in [-0.2, 0) is 0 Å². The van der Waals surface area contributed by atoms with Gasteiger partial charge in [-0.25, -0.2) is 4.98 Å². The van der Waals surface area contributed by atoms with Crippen molar-refractivity contribution < 1.29 is 9.90 Å². The Morgan fingerprint density at radius 1 is 1.22 bits per heavy atom. The molecule has 2 aliphatic carbocycles. The summed E-state index contributed by atoms with van der Waals surface area (Å²) in [4.78, 5) is 20.3. The number of phenols is 1. The van der Waals surface area contributed by atoms with Gasteiger partial charge in [-0.3, -0.25) is 4.79 Å². The normalized spacial score (nSPS) is 19.1. The first-order chi connectivity index (χ1) is 11.2. The monoisotopic (exact) mass is 313 g/mol. The number of phenolic OH excluding ortho intramolecular Hbond substituents is 1. The van der Waals surface area contributed by atoms with Crippen molar-refractivity contribution in [1.82, 2.24) is 15.3 Å². The molecule has 122 valence electrons. The minimum absolute atomic E-state index is 0.0885. The summed E-state index contributed by atoms with van der Waals surface area (Å²) in [5.74, 6) is 2.02. The van der Waals surface area contributed by atoms with Gasteiger partial charge < -0.3 is 15.4 Å². The average Bonchev–Trinajstić information content (AvgIpc) is 3.33. The molecule has 4 rings (SSSR count). The van der Waals surface area contributed by atoms with Gasteiger partial charge in [-0.05, 0) is 43.7 Å². The van der Waals surface area contributed by atoms with E-state index in [0.29, 0.717) is 28.4 Å². The van der Waals surface area contributed by atoms with Gasteiger partial charge in [0.1, 0.15) is 22.6 Å². The van der Waals surface area contributed by atoms with Gasteiger partial charge in [-0.1, -0.05) is 19.3 Å². The van der Waals surface area contributed by atoms with E-state index < -0.39 is 0 Å². The smallest absolute Gasteiger partial charge is 0.253 e. The number of nitrogens with zero attached hydrogens (tertiary/aromatic N) is 1. The van der Waals surface area contributed by atoms with Crippen LogP contribution in [0.3, 0.4) is 0 Å². The number of hydrogen-bond donors (Lipinski definition) is 3. The molecule has 2 aliphatic rings. The van der Waals surface area contributed by atoms with Crippen LogP contribution < -0.4 is 5.32 Å². The number of aromatic amines is 1. The Labute approximate surface area is 135 Å².